The van der Waals surface area contributed by atoms with E-state index in [1.165, 1.54) is 60.8 Å². The quantitative estimate of drug-likeness (QED) is 0.183. The Labute approximate surface area is 321 Å². The Morgan fingerprint density at radius 2 is 1.05 bits per heavy atom. The number of hydrogen-bond donors (Lipinski definition) is 0. The first-order valence-electron chi connectivity index (χ1n) is 19.5. The van der Waals surface area contributed by atoms with Gasteiger partial charge in [0.15, 0.2) is 0 Å². The molecule has 3 heteroatoms. The van der Waals surface area contributed by atoms with Gasteiger partial charge in [0, 0.05) is 61.1 Å². The lowest BCUT2D eigenvalue weighted by Gasteiger charge is -2.29. The molecule has 0 saturated heterocycles. The number of furan rings is 2. The fourth-order valence-electron chi connectivity index (χ4n) is 10.0. The van der Waals surface area contributed by atoms with Crippen LogP contribution < -0.4 is 4.90 Å². The standard InChI is InChI=1S/C52H43NO2/c1-50(2,3)41-17-12-15-39-47-45(55-49(39)41)26-25-38-35-23-20-31(28-43(35)52(6,7)48(38)47)53(32-21-24-37-36-14-9-11-18-44(36)54-46(37)29-32)30-19-22-34-33-13-8-10-16-40(33)51(4,5)42(34)27-30/h8-29H,1-7H3. The van der Waals surface area contributed by atoms with Crippen LogP contribution in [-0.2, 0) is 16.2 Å². The molecule has 0 saturated carbocycles. The molecule has 2 aromatic heterocycles. The van der Waals surface area contributed by atoms with E-state index in [1.54, 1.807) is 0 Å². The summed E-state index contributed by atoms with van der Waals surface area (Å²) in [7, 11) is 0. The molecule has 2 aliphatic rings. The maximum Gasteiger partial charge on any atom is 0.139 e. The van der Waals surface area contributed by atoms with Gasteiger partial charge in [0.2, 0.25) is 0 Å². The van der Waals surface area contributed by atoms with Crippen molar-refractivity contribution >= 4 is 60.9 Å². The zero-order valence-corrected chi connectivity index (χ0v) is 32.5. The molecule has 2 heterocycles. The Morgan fingerprint density at radius 1 is 0.455 bits per heavy atom. The summed E-state index contributed by atoms with van der Waals surface area (Å²) in [5.74, 6) is 0. The lowest BCUT2D eigenvalue weighted by Crippen LogP contribution is -2.18. The summed E-state index contributed by atoms with van der Waals surface area (Å²) in [6, 6.07) is 49.1. The molecule has 0 spiro atoms. The van der Waals surface area contributed by atoms with Crippen LogP contribution in [-0.4, -0.2) is 0 Å². The van der Waals surface area contributed by atoms with E-state index in [4.69, 9.17) is 8.83 Å². The van der Waals surface area contributed by atoms with Gasteiger partial charge in [-0.2, -0.15) is 0 Å². The molecule has 0 atom stereocenters. The number of rotatable bonds is 3. The second kappa shape index (κ2) is 10.8. The maximum absolute atomic E-state index is 6.72. The van der Waals surface area contributed by atoms with Crippen molar-refractivity contribution in [3.05, 3.63) is 161 Å². The molecule has 0 bridgehead atoms. The van der Waals surface area contributed by atoms with Crippen molar-refractivity contribution in [2.75, 3.05) is 4.90 Å². The molecule has 7 aromatic carbocycles. The van der Waals surface area contributed by atoms with E-state index >= 15 is 0 Å². The van der Waals surface area contributed by atoms with Crippen molar-refractivity contribution in [1.82, 2.24) is 0 Å². The summed E-state index contributed by atoms with van der Waals surface area (Å²) in [6.07, 6.45) is 0. The normalized spacial score (nSPS) is 15.1. The van der Waals surface area contributed by atoms with Gasteiger partial charge in [-0.3, -0.25) is 0 Å². The van der Waals surface area contributed by atoms with E-state index in [1.807, 2.05) is 6.07 Å². The summed E-state index contributed by atoms with van der Waals surface area (Å²) in [6.45, 7) is 16.3. The lowest BCUT2D eigenvalue weighted by molar-refractivity contribution is 0.572. The third kappa shape index (κ3) is 4.38. The van der Waals surface area contributed by atoms with E-state index in [-0.39, 0.29) is 16.2 Å². The van der Waals surface area contributed by atoms with Gasteiger partial charge in [0.1, 0.15) is 22.3 Å². The van der Waals surface area contributed by atoms with Crippen LogP contribution in [0.2, 0.25) is 0 Å². The van der Waals surface area contributed by atoms with E-state index in [0.717, 1.165) is 50.2 Å². The summed E-state index contributed by atoms with van der Waals surface area (Å²) in [4.78, 5) is 2.42. The minimum Gasteiger partial charge on any atom is -0.456 e. The number of hydrogen-bond acceptors (Lipinski definition) is 3. The van der Waals surface area contributed by atoms with Gasteiger partial charge in [-0.05, 0) is 98.5 Å². The molecule has 0 radical (unpaired) electrons. The van der Waals surface area contributed by atoms with Crippen molar-refractivity contribution < 1.29 is 8.83 Å². The van der Waals surface area contributed by atoms with Crippen LogP contribution in [0.15, 0.2) is 142 Å². The minimum atomic E-state index is -0.273. The van der Waals surface area contributed by atoms with Crippen molar-refractivity contribution in [3.8, 4) is 22.3 Å². The monoisotopic (exact) mass is 713 g/mol. The van der Waals surface area contributed by atoms with Gasteiger partial charge in [-0.25, -0.2) is 0 Å². The van der Waals surface area contributed by atoms with Crippen LogP contribution in [0.1, 0.15) is 76.3 Å². The SMILES string of the molecule is CC(C)(C)c1cccc2c1oc1ccc3c(c12)C(C)(C)c1cc(N(c2ccc4c(c2)C(C)(C)c2ccccc2-4)c2ccc4c(c2)oc2ccccc24)ccc1-3. The number of anilines is 3. The summed E-state index contributed by atoms with van der Waals surface area (Å²) >= 11 is 0. The predicted molar refractivity (Wildman–Crippen MR) is 230 cm³/mol. The van der Waals surface area contributed by atoms with Crippen molar-refractivity contribution in [1.29, 1.82) is 0 Å². The Kier molecular flexibility index (Phi) is 6.35. The topological polar surface area (TPSA) is 29.5 Å². The van der Waals surface area contributed by atoms with Gasteiger partial charge in [-0.15, -0.1) is 0 Å². The summed E-state index contributed by atoms with van der Waals surface area (Å²) in [5, 5.41) is 4.69. The molecule has 2 aliphatic carbocycles. The molecular weight excluding hydrogens is 671 g/mol. The average molecular weight is 714 g/mol. The molecule has 268 valence electrons. The molecule has 9 aromatic rings. The average Bonchev–Trinajstić information content (AvgIpc) is 3.87. The second-order valence-corrected chi connectivity index (χ2v) is 17.8. The van der Waals surface area contributed by atoms with Gasteiger partial charge >= 0.3 is 0 Å². The predicted octanol–water partition coefficient (Wildman–Crippen LogP) is 14.9. The third-order valence-corrected chi connectivity index (χ3v) is 12.8. The third-order valence-electron chi connectivity index (χ3n) is 12.8. The van der Waals surface area contributed by atoms with Crippen molar-refractivity contribution in [3.63, 3.8) is 0 Å². The molecule has 0 fully saturated rings. The van der Waals surface area contributed by atoms with E-state index < -0.39 is 0 Å². The van der Waals surface area contributed by atoms with E-state index in [2.05, 4.69) is 181 Å². The van der Waals surface area contributed by atoms with Crippen LogP contribution in [0, 0.1) is 0 Å². The number of fused-ring (bicyclic) bond motifs is 13. The fourth-order valence-corrected chi connectivity index (χ4v) is 10.0. The number of para-hydroxylation sites is 2. The highest BCUT2D eigenvalue weighted by Gasteiger charge is 2.40. The van der Waals surface area contributed by atoms with Gasteiger partial charge < -0.3 is 13.7 Å². The molecule has 0 unspecified atom stereocenters. The molecule has 3 nitrogen and oxygen atoms in total. The molecule has 55 heavy (non-hydrogen) atoms. The van der Waals surface area contributed by atoms with Crippen LogP contribution in [0.3, 0.4) is 0 Å². The van der Waals surface area contributed by atoms with Gasteiger partial charge in [0.05, 0.1) is 0 Å². The molecular formula is C52H43NO2. The highest BCUT2D eigenvalue weighted by atomic mass is 16.3. The van der Waals surface area contributed by atoms with Crippen LogP contribution >= 0.6 is 0 Å². The largest absolute Gasteiger partial charge is 0.456 e. The summed E-state index contributed by atoms with van der Waals surface area (Å²) < 4.78 is 13.2. The Hall–Kier alpha value is -6.06. The minimum absolute atomic E-state index is 0.0334. The van der Waals surface area contributed by atoms with E-state index in [0.29, 0.717) is 0 Å². The zero-order valence-electron chi connectivity index (χ0n) is 32.5. The molecule has 0 aliphatic heterocycles. The fraction of sp³-hybridized carbons (Fsp3) is 0.192. The van der Waals surface area contributed by atoms with E-state index in [9.17, 15) is 0 Å². The van der Waals surface area contributed by atoms with Crippen LogP contribution in [0.25, 0.3) is 66.1 Å². The smallest absolute Gasteiger partial charge is 0.139 e. The van der Waals surface area contributed by atoms with Gasteiger partial charge in [0.25, 0.3) is 0 Å². The van der Waals surface area contributed by atoms with Crippen molar-refractivity contribution in [2.45, 2.75) is 64.7 Å². The lowest BCUT2D eigenvalue weighted by atomic mass is 9.80. The second-order valence-electron chi connectivity index (χ2n) is 17.8. The Morgan fingerprint density at radius 3 is 1.84 bits per heavy atom. The highest BCUT2D eigenvalue weighted by molar-refractivity contribution is 6.12. The first-order chi connectivity index (χ1) is 26.4. The highest BCUT2D eigenvalue weighted by Crippen LogP contribution is 2.56. The van der Waals surface area contributed by atoms with Gasteiger partial charge in [-0.1, -0.05) is 127 Å². The number of nitrogens with zero attached hydrogens (tertiary/aromatic N) is 1. The molecule has 0 amide bonds. The Balaban J connectivity index is 1.12. The zero-order chi connectivity index (χ0) is 37.6. The molecule has 0 N–H and O–H groups in total. The number of benzene rings is 7. The maximum atomic E-state index is 6.72. The summed E-state index contributed by atoms with van der Waals surface area (Å²) in [5.41, 5.74) is 18.5. The Bertz CT molecular complexity index is 3090. The van der Waals surface area contributed by atoms with Crippen LogP contribution in [0.4, 0.5) is 17.1 Å². The van der Waals surface area contributed by atoms with Crippen LogP contribution in [0.5, 0.6) is 0 Å². The first kappa shape index (κ1) is 32.4. The first-order valence-corrected chi connectivity index (χ1v) is 19.5. The van der Waals surface area contributed by atoms with Crippen molar-refractivity contribution in [2.24, 2.45) is 0 Å². The molecule has 11 rings (SSSR count).